The van der Waals surface area contributed by atoms with Crippen LogP contribution in [0.1, 0.15) is 23.1 Å². The number of nitrogen functional groups attached to an aromatic ring is 1. The van der Waals surface area contributed by atoms with Crippen molar-refractivity contribution < 1.29 is 0 Å². The minimum absolute atomic E-state index is 0.775. The minimum atomic E-state index is 0.775. The summed E-state index contributed by atoms with van der Waals surface area (Å²) in [4.78, 5) is 0. The lowest BCUT2D eigenvalue weighted by atomic mass is 10.0. The standard InChI is InChI=1S/C16H14ClN/c17-14-5-1-11(2-6-14)9-12-3-4-13-10-15(18)7-8-16(12)13/h1-2,5-10H,3-4,18H2. The second-order valence-corrected chi connectivity index (χ2v) is 5.07. The van der Waals surface area contributed by atoms with E-state index in [2.05, 4.69) is 18.2 Å². The van der Waals surface area contributed by atoms with Crippen LogP contribution in [0.2, 0.25) is 5.02 Å². The fraction of sp³-hybridized carbons (Fsp3) is 0.125. The quantitative estimate of drug-likeness (QED) is 0.751. The van der Waals surface area contributed by atoms with Gasteiger partial charge in [-0.3, -0.25) is 0 Å². The molecular formula is C16H14ClN. The zero-order chi connectivity index (χ0) is 12.5. The molecule has 18 heavy (non-hydrogen) atoms. The number of allylic oxidation sites excluding steroid dienone is 1. The number of rotatable bonds is 1. The molecule has 0 heterocycles. The van der Waals surface area contributed by atoms with Gasteiger partial charge < -0.3 is 5.73 Å². The fourth-order valence-electron chi connectivity index (χ4n) is 2.45. The molecule has 2 N–H and O–H groups in total. The molecule has 0 saturated heterocycles. The number of aryl methyl sites for hydroxylation is 1. The van der Waals surface area contributed by atoms with Gasteiger partial charge in [0.1, 0.15) is 0 Å². The van der Waals surface area contributed by atoms with E-state index >= 15 is 0 Å². The van der Waals surface area contributed by atoms with Gasteiger partial charge in [-0.2, -0.15) is 0 Å². The summed E-state index contributed by atoms with van der Waals surface area (Å²) in [5.41, 5.74) is 11.9. The Kier molecular flexibility index (Phi) is 2.85. The third-order valence-corrected chi connectivity index (χ3v) is 3.60. The average molecular weight is 256 g/mol. The van der Waals surface area contributed by atoms with E-state index in [1.165, 1.54) is 22.3 Å². The lowest BCUT2D eigenvalue weighted by molar-refractivity contribution is 1.08. The molecule has 0 spiro atoms. The molecule has 0 atom stereocenters. The van der Waals surface area contributed by atoms with Crippen LogP contribution in [0, 0.1) is 0 Å². The molecule has 1 aliphatic rings. The van der Waals surface area contributed by atoms with Crippen molar-refractivity contribution >= 4 is 28.9 Å². The molecule has 90 valence electrons. The summed E-state index contributed by atoms with van der Waals surface area (Å²) < 4.78 is 0. The van der Waals surface area contributed by atoms with E-state index in [0.29, 0.717) is 0 Å². The Hall–Kier alpha value is -1.73. The smallest absolute Gasteiger partial charge is 0.0406 e. The molecule has 0 saturated carbocycles. The molecule has 0 amide bonds. The van der Waals surface area contributed by atoms with Crippen molar-refractivity contribution in [2.75, 3.05) is 5.73 Å². The van der Waals surface area contributed by atoms with E-state index in [1.54, 1.807) is 0 Å². The summed E-state index contributed by atoms with van der Waals surface area (Å²) >= 11 is 5.89. The van der Waals surface area contributed by atoms with Gasteiger partial charge in [0.15, 0.2) is 0 Å². The van der Waals surface area contributed by atoms with E-state index in [-0.39, 0.29) is 0 Å². The van der Waals surface area contributed by atoms with Crippen LogP contribution >= 0.6 is 11.6 Å². The SMILES string of the molecule is Nc1ccc2c(c1)CCC2=Cc1ccc(Cl)cc1. The first kappa shape index (κ1) is 11.4. The summed E-state index contributed by atoms with van der Waals surface area (Å²) in [7, 11) is 0. The van der Waals surface area contributed by atoms with E-state index in [1.807, 2.05) is 30.3 Å². The average Bonchev–Trinajstić information content (AvgIpc) is 2.74. The first-order chi connectivity index (χ1) is 8.72. The molecule has 1 nitrogen and oxygen atoms in total. The number of hydrogen-bond donors (Lipinski definition) is 1. The topological polar surface area (TPSA) is 26.0 Å². The van der Waals surface area contributed by atoms with Crippen molar-refractivity contribution in [3.8, 4) is 0 Å². The summed E-state index contributed by atoms with van der Waals surface area (Å²) in [5.74, 6) is 0. The van der Waals surface area contributed by atoms with E-state index in [9.17, 15) is 0 Å². The van der Waals surface area contributed by atoms with Gasteiger partial charge in [-0.1, -0.05) is 35.9 Å². The van der Waals surface area contributed by atoms with Crippen LogP contribution in [-0.2, 0) is 6.42 Å². The zero-order valence-electron chi connectivity index (χ0n) is 9.99. The molecule has 0 aliphatic heterocycles. The van der Waals surface area contributed by atoms with Crippen LogP contribution in [0.3, 0.4) is 0 Å². The van der Waals surface area contributed by atoms with Crippen molar-refractivity contribution in [1.29, 1.82) is 0 Å². The van der Waals surface area contributed by atoms with Crippen LogP contribution in [0.5, 0.6) is 0 Å². The van der Waals surface area contributed by atoms with Gasteiger partial charge in [0, 0.05) is 10.7 Å². The normalized spacial score (nSPS) is 15.9. The second kappa shape index (κ2) is 4.51. The maximum atomic E-state index is 5.89. The maximum Gasteiger partial charge on any atom is 0.0406 e. The van der Waals surface area contributed by atoms with E-state index in [0.717, 1.165) is 23.6 Å². The summed E-state index contributed by atoms with van der Waals surface area (Å²) in [6.07, 6.45) is 4.40. The van der Waals surface area contributed by atoms with E-state index in [4.69, 9.17) is 17.3 Å². The first-order valence-corrected chi connectivity index (χ1v) is 6.45. The van der Waals surface area contributed by atoms with Gasteiger partial charge in [0.05, 0.1) is 0 Å². The van der Waals surface area contributed by atoms with Gasteiger partial charge in [0.2, 0.25) is 0 Å². The largest absolute Gasteiger partial charge is 0.399 e. The van der Waals surface area contributed by atoms with Crippen LogP contribution in [0.4, 0.5) is 5.69 Å². The van der Waals surface area contributed by atoms with Crippen LogP contribution in [0.25, 0.3) is 11.6 Å². The van der Waals surface area contributed by atoms with Crippen molar-refractivity contribution in [3.63, 3.8) is 0 Å². The summed E-state index contributed by atoms with van der Waals surface area (Å²) in [5, 5.41) is 0.775. The highest BCUT2D eigenvalue weighted by atomic mass is 35.5. The Balaban J connectivity index is 1.98. The number of hydrogen-bond acceptors (Lipinski definition) is 1. The highest BCUT2D eigenvalue weighted by molar-refractivity contribution is 6.30. The molecule has 2 aromatic rings. The molecule has 0 bridgehead atoms. The number of nitrogens with two attached hydrogens (primary N) is 1. The van der Waals surface area contributed by atoms with Crippen LogP contribution < -0.4 is 5.73 Å². The molecule has 2 heteroatoms. The second-order valence-electron chi connectivity index (χ2n) is 4.64. The van der Waals surface area contributed by atoms with Crippen LogP contribution in [-0.4, -0.2) is 0 Å². The predicted molar refractivity (Wildman–Crippen MR) is 78.5 cm³/mol. The van der Waals surface area contributed by atoms with Gasteiger partial charge in [-0.25, -0.2) is 0 Å². The first-order valence-electron chi connectivity index (χ1n) is 6.07. The van der Waals surface area contributed by atoms with Crippen molar-refractivity contribution in [1.82, 2.24) is 0 Å². The molecule has 1 aliphatic carbocycles. The number of benzene rings is 2. The summed E-state index contributed by atoms with van der Waals surface area (Å²) in [6.45, 7) is 0. The molecule has 0 fully saturated rings. The summed E-state index contributed by atoms with van der Waals surface area (Å²) in [6, 6.07) is 14.1. The monoisotopic (exact) mass is 255 g/mol. The Labute approximate surface area is 112 Å². The van der Waals surface area contributed by atoms with Crippen molar-refractivity contribution in [2.24, 2.45) is 0 Å². The molecule has 3 rings (SSSR count). The third-order valence-electron chi connectivity index (χ3n) is 3.35. The Bertz CT molecular complexity index is 611. The van der Waals surface area contributed by atoms with E-state index < -0.39 is 0 Å². The molecule has 2 aromatic carbocycles. The van der Waals surface area contributed by atoms with Gasteiger partial charge in [0.25, 0.3) is 0 Å². The minimum Gasteiger partial charge on any atom is -0.399 e. The number of fused-ring (bicyclic) bond motifs is 1. The number of anilines is 1. The van der Waals surface area contributed by atoms with Gasteiger partial charge in [-0.05, 0) is 59.4 Å². The molecule has 0 aromatic heterocycles. The van der Waals surface area contributed by atoms with Gasteiger partial charge >= 0.3 is 0 Å². The maximum absolute atomic E-state index is 5.89. The Morgan fingerprint density at radius 3 is 2.56 bits per heavy atom. The van der Waals surface area contributed by atoms with Crippen LogP contribution in [0.15, 0.2) is 42.5 Å². The highest BCUT2D eigenvalue weighted by Gasteiger charge is 2.15. The third kappa shape index (κ3) is 2.14. The zero-order valence-corrected chi connectivity index (χ0v) is 10.7. The highest BCUT2D eigenvalue weighted by Crippen LogP contribution is 2.34. The fourth-order valence-corrected chi connectivity index (χ4v) is 2.57. The predicted octanol–water partition coefficient (Wildman–Crippen LogP) is 4.41. The van der Waals surface area contributed by atoms with Crippen molar-refractivity contribution in [2.45, 2.75) is 12.8 Å². The molecular weight excluding hydrogens is 242 g/mol. The number of halogens is 1. The molecule has 0 radical (unpaired) electrons. The Morgan fingerprint density at radius 1 is 1.00 bits per heavy atom. The van der Waals surface area contributed by atoms with Gasteiger partial charge in [-0.15, -0.1) is 0 Å². The van der Waals surface area contributed by atoms with Crippen molar-refractivity contribution in [3.05, 3.63) is 64.2 Å². The lowest BCUT2D eigenvalue weighted by Gasteiger charge is -2.03. The molecule has 0 unspecified atom stereocenters. The Morgan fingerprint density at radius 2 is 1.78 bits per heavy atom. The lowest BCUT2D eigenvalue weighted by Crippen LogP contribution is -1.87.